The second-order valence-electron chi connectivity index (χ2n) is 3.41. The van der Waals surface area contributed by atoms with E-state index in [9.17, 15) is 4.79 Å². The van der Waals surface area contributed by atoms with Crippen LogP contribution in [0.15, 0.2) is 18.2 Å². The van der Waals surface area contributed by atoms with Crippen LogP contribution in [0.25, 0.3) is 0 Å². The molecule has 90 valence electrons. The molecule has 1 rings (SSSR count). The quantitative estimate of drug-likeness (QED) is 0.820. The predicted octanol–water partition coefficient (Wildman–Crippen LogP) is 2.58. The fraction of sp³-hybridized carbons (Fsp3) is 0.333. The topological polar surface area (TPSA) is 62.1 Å². The minimum atomic E-state index is -0.259. The van der Waals surface area contributed by atoms with E-state index in [4.69, 9.17) is 21.6 Å². The summed E-state index contributed by atoms with van der Waals surface area (Å²) < 4.78 is 5.09. The highest BCUT2D eigenvalue weighted by atomic mass is 35.5. The van der Waals surface area contributed by atoms with Crippen molar-refractivity contribution in [3.63, 3.8) is 0 Å². The molecule has 0 saturated heterocycles. The van der Waals surface area contributed by atoms with E-state index in [0.29, 0.717) is 22.9 Å². The number of hydrogen-bond donors (Lipinski definition) is 1. The molecule has 0 fully saturated rings. The Morgan fingerprint density at radius 2 is 2.35 bits per heavy atom. The molecule has 0 aliphatic heterocycles. The maximum Gasteiger partial charge on any atom is 0.250 e. The van der Waals surface area contributed by atoms with Gasteiger partial charge in [-0.3, -0.25) is 4.79 Å². The lowest BCUT2D eigenvalue weighted by Gasteiger charge is -2.07. The fourth-order valence-electron chi connectivity index (χ4n) is 1.18. The van der Waals surface area contributed by atoms with Gasteiger partial charge in [0.1, 0.15) is 6.61 Å². The van der Waals surface area contributed by atoms with Crippen molar-refractivity contribution in [3.8, 4) is 6.07 Å². The van der Waals surface area contributed by atoms with Crippen molar-refractivity contribution in [3.05, 3.63) is 28.8 Å². The number of carbonyl (C=O) groups excluding carboxylic acids is 1. The lowest BCUT2D eigenvalue weighted by Crippen LogP contribution is -2.18. The smallest absolute Gasteiger partial charge is 0.250 e. The van der Waals surface area contributed by atoms with Crippen molar-refractivity contribution >= 4 is 23.2 Å². The van der Waals surface area contributed by atoms with Gasteiger partial charge in [0.25, 0.3) is 0 Å². The first-order valence-electron chi connectivity index (χ1n) is 5.24. The number of ether oxygens (including phenoxy) is 1. The molecule has 0 aromatic heterocycles. The second kappa shape index (κ2) is 6.89. The Balaban J connectivity index is 2.57. The summed E-state index contributed by atoms with van der Waals surface area (Å²) in [5.74, 6) is -0.259. The third-order valence-electron chi connectivity index (χ3n) is 1.95. The molecular formula is C12H13ClN2O2. The van der Waals surface area contributed by atoms with Gasteiger partial charge in [0.05, 0.1) is 22.3 Å². The van der Waals surface area contributed by atoms with Gasteiger partial charge < -0.3 is 10.1 Å². The molecule has 0 atom stereocenters. The van der Waals surface area contributed by atoms with E-state index < -0.39 is 0 Å². The number of carbonyl (C=O) groups is 1. The first kappa shape index (κ1) is 13.5. The lowest BCUT2D eigenvalue weighted by atomic mass is 10.2. The van der Waals surface area contributed by atoms with Gasteiger partial charge in [-0.1, -0.05) is 18.5 Å². The molecule has 0 bridgehead atoms. The summed E-state index contributed by atoms with van der Waals surface area (Å²) in [4.78, 5) is 11.4. The third kappa shape index (κ3) is 4.43. The van der Waals surface area contributed by atoms with Crippen LogP contribution in [0.4, 0.5) is 5.69 Å². The highest BCUT2D eigenvalue weighted by Gasteiger charge is 2.06. The SMILES string of the molecule is CCCOCC(=O)Nc1ccc(C#N)cc1Cl. The Labute approximate surface area is 105 Å². The summed E-state index contributed by atoms with van der Waals surface area (Å²) in [5.41, 5.74) is 0.936. The number of nitriles is 1. The van der Waals surface area contributed by atoms with Crippen molar-refractivity contribution in [1.82, 2.24) is 0 Å². The van der Waals surface area contributed by atoms with E-state index in [2.05, 4.69) is 5.32 Å². The molecule has 1 aromatic carbocycles. The molecule has 4 nitrogen and oxygen atoms in total. The molecule has 5 heteroatoms. The Kier molecular flexibility index (Phi) is 5.47. The van der Waals surface area contributed by atoms with Gasteiger partial charge in [0.2, 0.25) is 5.91 Å². The summed E-state index contributed by atoms with van der Waals surface area (Å²) in [7, 11) is 0. The zero-order valence-electron chi connectivity index (χ0n) is 9.50. The van der Waals surface area contributed by atoms with Crippen LogP contribution in [0.3, 0.4) is 0 Å². The lowest BCUT2D eigenvalue weighted by molar-refractivity contribution is -0.120. The van der Waals surface area contributed by atoms with Crippen LogP contribution >= 0.6 is 11.6 Å². The number of amides is 1. The monoisotopic (exact) mass is 252 g/mol. The minimum Gasteiger partial charge on any atom is -0.372 e. The Hall–Kier alpha value is -1.57. The highest BCUT2D eigenvalue weighted by Crippen LogP contribution is 2.22. The molecule has 0 saturated carbocycles. The molecule has 1 amide bonds. The van der Waals surface area contributed by atoms with Crippen LogP contribution in [-0.2, 0) is 9.53 Å². The van der Waals surface area contributed by atoms with E-state index in [1.165, 1.54) is 6.07 Å². The Morgan fingerprint density at radius 1 is 1.59 bits per heavy atom. The largest absolute Gasteiger partial charge is 0.372 e. The van der Waals surface area contributed by atoms with E-state index >= 15 is 0 Å². The zero-order chi connectivity index (χ0) is 12.7. The molecule has 1 aromatic rings. The van der Waals surface area contributed by atoms with Crippen molar-refractivity contribution in [2.75, 3.05) is 18.5 Å². The first-order chi connectivity index (χ1) is 8.17. The van der Waals surface area contributed by atoms with Gasteiger partial charge >= 0.3 is 0 Å². The summed E-state index contributed by atoms with van der Waals surface area (Å²) in [5, 5.41) is 11.6. The van der Waals surface area contributed by atoms with Gasteiger partial charge in [-0.05, 0) is 24.6 Å². The maximum atomic E-state index is 11.4. The number of benzene rings is 1. The van der Waals surface area contributed by atoms with Gasteiger partial charge in [-0.2, -0.15) is 5.26 Å². The molecule has 0 aliphatic carbocycles. The Morgan fingerprint density at radius 3 is 2.94 bits per heavy atom. The molecule has 1 N–H and O–H groups in total. The molecule has 0 aliphatic rings. The maximum absolute atomic E-state index is 11.4. The van der Waals surface area contributed by atoms with E-state index in [1.54, 1.807) is 12.1 Å². The Bertz CT molecular complexity index is 441. The standard InChI is InChI=1S/C12H13ClN2O2/c1-2-5-17-8-12(16)15-11-4-3-9(7-14)6-10(11)13/h3-4,6H,2,5,8H2,1H3,(H,15,16). The van der Waals surface area contributed by atoms with Crippen molar-refractivity contribution < 1.29 is 9.53 Å². The minimum absolute atomic E-state index is 0.00414. The number of halogens is 1. The van der Waals surface area contributed by atoms with Crippen molar-refractivity contribution in [1.29, 1.82) is 5.26 Å². The molecule has 0 heterocycles. The van der Waals surface area contributed by atoms with Gasteiger partial charge in [-0.25, -0.2) is 0 Å². The van der Waals surface area contributed by atoms with E-state index in [1.807, 2.05) is 13.0 Å². The van der Waals surface area contributed by atoms with Gasteiger partial charge in [0, 0.05) is 6.61 Å². The summed E-state index contributed by atoms with van der Waals surface area (Å²) in [6, 6.07) is 6.66. The molecule has 0 unspecified atom stereocenters. The molecular weight excluding hydrogens is 240 g/mol. The van der Waals surface area contributed by atoms with Crippen LogP contribution in [-0.4, -0.2) is 19.1 Å². The second-order valence-corrected chi connectivity index (χ2v) is 3.81. The fourth-order valence-corrected chi connectivity index (χ4v) is 1.41. The number of anilines is 1. The van der Waals surface area contributed by atoms with Crippen LogP contribution in [0.2, 0.25) is 5.02 Å². The molecule has 0 spiro atoms. The van der Waals surface area contributed by atoms with Gasteiger partial charge in [0.15, 0.2) is 0 Å². The van der Waals surface area contributed by atoms with Crippen LogP contribution in [0.5, 0.6) is 0 Å². The number of rotatable bonds is 5. The number of hydrogen-bond acceptors (Lipinski definition) is 3. The van der Waals surface area contributed by atoms with Crippen molar-refractivity contribution in [2.45, 2.75) is 13.3 Å². The van der Waals surface area contributed by atoms with E-state index in [0.717, 1.165) is 6.42 Å². The normalized spacial score (nSPS) is 9.71. The summed E-state index contributed by atoms with van der Waals surface area (Å²) in [6.45, 7) is 2.52. The van der Waals surface area contributed by atoms with Crippen molar-refractivity contribution in [2.24, 2.45) is 0 Å². The average molecular weight is 253 g/mol. The van der Waals surface area contributed by atoms with Crippen LogP contribution in [0, 0.1) is 11.3 Å². The highest BCUT2D eigenvalue weighted by molar-refractivity contribution is 6.33. The summed E-state index contributed by atoms with van der Waals surface area (Å²) >= 11 is 5.91. The van der Waals surface area contributed by atoms with Crippen LogP contribution < -0.4 is 5.32 Å². The summed E-state index contributed by atoms with van der Waals surface area (Å²) in [6.07, 6.45) is 0.866. The average Bonchev–Trinajstić information content (AvgIpc) is 2.32. The van der Waals surface area contributed by atoms with E-state index in [-0.39, 0.29) is 12.5 Å². The predicted molar refractivity (Wildman–Crippen MR) is 65.9 cm³/mol. The van der Waals surface area contributed by atoms with Gasteiger partial charge in [-0.15, -0.1) is 0 Å². The number of nitrogens with zero attached hydrogens (tertiary/aromatic N) is 1. The number of nitrogens with one attached hydrogen (secondary N) is 1. The zero-order valence-corrected chi connectivity index (χ0v) is 10.3. The molecule has 0 radical (unpaired) electrons. The van der Waals surface area contributed by atoms with Crippen LogP contribution in [0.1, 0.15) is 18.9 Å². The molecule has 17 heavy (non-hydrogen) atoms. The first-order valence-corrected chi connectivity index (χ1v) is 5.62. The third-order valence-corrected chi connectivity index (χ3v) is 2.27.